The van der Waals surface area contributed by atoms with Gasteiger partial charge in [0.25, 0.3) is 0 Å². The minimum Gasteiger partial charge on any atom is -0.329 e. The molecular weight excluding hydrogens is 208 g/mol. The van der Waals surface area contributed by atoms with E-state index in [1.54, 1.807) is 0 Å². The van der Waals surface area contributed by atoms with Crippen LogP contribution in [0.2, 0.25) is 0 Å². The Morgan fingerprint density at radius 2 is 1.65 bits per heavy atom. The lowest BCUT2D eigenvalue weighted by Gasteiger charge is -2.51. The maximum absolute atomic E-state index is 6.17. The number of likely N-dealkylation sites (N-methyl/N-ethyl adjacent to an activating group) is 1. The van der Waals surface area contributed by atoms with Crippen LogP contribution in [0.15, 0.2) is 0 Å². The number of hydrogen-bond donors (Lipinski definition) is 1. The molecular formula is C15H32N2. The van der Waals surface area contributed by atoms with Crippen LogP contribution in [-0.4, -0.2) is 30.1 Å². The molecule has 17 heavy (non-hydrogen) atoms. The smallest absolute Gasteiger partial charge is 0.0336 e. The number of rotatable bonds is 5. The first-order valence-corrected chi connectivity index (χ1v) is 7.42. The molecule has 1 rings (SSSR count). The Kier molecular flexibility index (Phi) is 5.46. The van der Waals surface area contributed by atoms with Gasteiger partial charge in [-0.3, -0.25) is 4.90 Å². The van der Waals surface area contributed by atoms with E-state index in [4.69, 9.17) is 5.73 Å². The highest BCUT2D eigenvalue weighted by atomic mass is 15.2. The van der Waals surface area contributed by atoms with E-state index in [0.29, 0.717) is 6.04 Å². The van der Waals surface area contributed by atoms with Gasteiger partial charge < -0.3 is 5.73 Å². The van der Waals surface area contributed by atoms with E-state index < -0.39 is 0 Å². The quantitative estimate of drug-likeness (QED) is 0.799. The van der Waals surface area contributed by atoms with Crippen molar-refractivity contribution in [2.75, 3.05) is 13.6 Å². The summed E-state index contributed by atoms with van der Waals surface area (Å²) in [4.78, 5) is 2.61. The van der Waals surface area contributed by atoms with Gasteiger partial charge in [0.1, 0.15) is 0 Å². The Hall–Kier alpha value is -0.0800. The van der Waals surface area contributed by atoms with Crippen LogP contribution in [-0.2, 0) is 0 Å². The molecule has 0 bridgehead atoms. The van der Waals surface area contributed by atoms with Crippen molar-refractivity contribution in [2.24, 2.45) is 17.6 Å². The van der Waals surface area contributed by atoms with Gasteiger partial charge in [-0.2, -0.15) is 0 Å². The Labute approximate surface area is 108 Å². The zero-order valence-corrected chi connectivity index (χ0v) is 12.5. The summed E-state index contributed by atoms with van der Waals surface area (Å²) in [6.45, 7) is 10.2. The second-order valence-electron chi connectivity index (χ2n) is 6.36. The molecule has 2 nitrogen and oxygen atoms in total. The predicted octanol–water partition coefficient (Wildman–Crippen LogP) is 3.26. The molecule has 0 aromatic heterocycles. The van der Waals surface area contributed by atoms with Crippen molar-refractivity contribution >= 4 is 0 Å². The van der Waals surface area contributed by atoms with Gasteiger partial charge in [0, 0.05) is 18.1 Å². The van der Waals surface area contributed by atoms with Crippen LogP contribution in [0.25, 0.3) is 0 Å². The predicted molar refractivity (Wildman–Crippen MR) is 76.1 cm³/mol. The number of hydrogen-bond acceptors (Lipinski definition) is 2. The molecule has 0 aromatic carbocycles. The molecule has 2 unspecified atom stereocenters. The van der Waals surface area contributed by atoms with Crippen molar-refractivity contribution in [2.45, 2.75) is 71.4 Å². The molecule has 1 saturated carbocycles. The van der Waals surface area contributed by atoms with Crippen molar-refractivity contribution in [3.8, 4) is 0 Å². The first-order chi connectivity index (χ1) is 7.99. The summed E-state index contributed by atoms with van der Waals surface area (Å²) >= 11 is 0. The highest BCUT2D eigenvalue weighted by molar-refractivity contribution is 4.98. The first-order valence-electron chi connectivity index (χ1n) is 7.42. The molecule has 0 aromatic rings. The molecule has 1 fully saturated rings. The Morgan fingerprint density at radius 1 is 1.18 bits per heavy atom. The first kappa shape index (κ1) is 15.0. The van der Waals surface area contributed by atoms with Gasteiger partial charge in [-0.25, -0.2) is 0 Å². The lowest BCUT2D eigenvalue weighted by atomic mass is 9.70. The number of nitrogens with two attached hydrogens (primary N) is 1. The van der Waals surface area contributed by atoms with Crippen molar-refractivity contribution in [1.29, 1.82) is 0 Å². The van der Waals surface area contributed by atoms with Gasteiger partial charge in [-0.15, -0.1) is 0 Å². The summed E-state index contributed by atoms with van der Waals surface area (Å²) < 4.78 is 0. The van der Waals surface area contributed by atoms with Crippen LogP contribution in [0, 0.1) is 11.8 Å². The largest absolute Gasteiger partial charge is 0.329 e. The normalized spacial score (nSPS) is 34.6. The maximum atomic E-state index is 6.17. The van der Waals surface area contributed by atoms with Crippen molar-refractivity contribution in [3.05, 3.63) is 0 Å². The van der Waals surface area contributed by atoms with E-state index in [2.05, 4.69) is 39.6 Å². The average molecular weight is 240 g/mol. The van der Waals surface area contributed by atoms with Crippen LogP contribution < -0.4 is 5.73 Å². The molecule has 0 saturated heterocycles. The molecule has 2 N–H and O–H groups in total. The second-order valence-corrected chi connectivity index (χ2v) is 6.36. The molecule has 0 spiro atoms. The SMILES string of the molecule is CCC(CC)N(C)C1(CN)CC(C)CC(C)C1. The molecule has 1 aliphatic carbocycles. The van der Waals surface area contributed by atoms with Gasteiger partial charge in [0.15, 0.2) is 0 Å². The summed E-state index contributed by atoms with van der Waals surface area (Å²) in [5.41, 5.74) is 6.43. The average Bonchev–Trinajstić information content (AvgIpc) is 2.29. The minimum atomic E-state index is 0.258. The van der Waals surface area contributed by atoms with Gasteiger partial charge >= 0.3 is 0 Å². The van der Waals surface area contributed by atoms with Crippen LogP contribution in [0.1, 0.15) is 59.8 Å². The monoisotopic (exact) mass is 240 g/mol. The van der Waals surface area contributed by atoms with Crippen LogP contribution >= 0.6 is 0 Å². The topological polar surface area (TPSA) is 29.3 Å². The third-order valence-electron chi connectivity index (χ3n) is 4.88. The van der Waals surface area contributed by atoms with Crippen LogP contribution in [0.4, 0.5) is 0 Å². The van der Waals surface area contributed by atoms with E-state index in [1.807, 2.05) is 0 Å². The van der Waals surface area contributed by atoms with Gasteiger partial charge in [0.05, 0.1) is 0 Å². The molecule has 0 heterocycles. The standard InChI is InChI=1S/C15H32N2/c1-6-14(7-2)17(5)15(11-16)9-12(3)8-13(4)10-15/h12-14H,6-11,16H2,1-5H3. The molecule has 2 heteroatoms. The molecule has 2 atom stereocenters. The zero-order chi connectivity index (χ0) is 13.1. The number of nitrogens with zero attached hydrogens (tertiary/aromatic N) is 1. The summed E-state index contributed by atoms with van der Waals surface area (Å²) in [7, 11) is 2.30. The molecule has 0 aliphatic heterocycles. The van der Waals surface area contributed by atoms with Crippen molar-refractivity contribution in [3.63, 3.8) is 0 Å². The fourth-order valence-electron chi connectivity index (χ4n) is 4.06. The summed E-state index contributed by atoms with van der Waals surface area (Å²) in [5, 5.41) is 0. The van der Waals surface area contributed by atoms with E-state index in [9.17, 15) is 0 Å². The summed E-state index contributed by atoms with van der Waals surface area (Å²) in [5.74, 6) is 1.64. The molecule has 102 valence electrons. The van der Waals surface area contributed by atoms with E-state index in [-0.39, 0.29) is 5.54 Å². The van der Waals surface area contributed by atoms with E-state index in [1.165, 1.54) is 32.1 Å². The second kappa shape index (κ2) is 6.19. The summed E-state index contributed by atoms with van der Waals surface area (Å²) in [6.07, 6.45) is 6.40. The van der Waals surface area contributed by atoms with E-state index >= 15 is 0 Å². The van der Waals surface area contributed by atoms with Gasteiger partial charge in [0.2, 0.25) is 0 Å². The Balaban J connectivity index is 2.85. The highest BCUT2D eigenvalue weighted by Gasteiger charge is 2.41. The molecule has 0 radical (unpaired) electrons. The minimum absolute atomic E-state index is 0.258. The fraction of sp³-hybridized carbons (Fsp3) is 1.00. The van der Waals surface area contributed by atoms with Crippen LogP contribution in [0.3, 0.4) is 0 Å². The fourth-order valence-corrected chi connectivity index (χ4v) is 4.06. The lowest BCUT2D eigenvalue weighted by Crippen LogP contribution is -2.58. The lowest BCUT2D eigenvalue weighted by molar-refractivity contribution is 0.00650. The van der Waals surface area contributed by atoms with Crippen LogP contribution in [0.5, 0.6) is 0 Å². The Morgan fingerprint density at radius 3 is 2.00 bits per heavy atom. The van der Waals surface area contributed by atoms with E-state index in [0.717, 1.165) is 18.4 Å². The maximum Gasteiger partial charge on any atom is 0.0336 e. The van der Waals surface area contributed by atoms with Gasteiger partial charge in [-0.1, -0.05) is 27.7 Å². The van der Waals surface area contributed by atoms with Gasteiger partial charge in [-0.05, 0) is 51.0 Å². The third-order valence-corrected chi connectivity index (χ3v) is 4.88. The summed E-state index contributed by atoms with van der Waals surface area (Å²) in [6, 6.07) is 0.691. The Bertz CT molecular complexity index is 213. The van der Waals surface area contributed by atoms with Crippen molar-refractivity contribution < 1.29 is 0 Å². The van der Waals surface area contributed by atoms with Crippen molar-refractivity contribution in [1.82, 2.24) is 4.90 Å². The molecule has 1 aliphatic rings. The third kappa shape index (κ3) is 3.23. The highest BCUT2D eigenvalue weighted by Crippen LogP contribution is 2.40. The zero-order valence-electron chi connectivity index (χ0n) is 12.5. The molecule has 0 amide bonds.